The maximum absolute atomic E-state index is 5.37. The van der Waals surface area contributed by atoms with Crippen LogP contribution >= 0.6 is 0 Å². The highest BCUT2D eigenvalue weighted by Gasteiger charge is 2.18. The van der Waals surface area contributed by atoms with Crippen LogP contribution in [-0.2, 0) is 0 Å². The van der Waals surface area contributed by atoms with Crippen molar-refractivity contribution in [2.24, 2.45) is 0 Å². The van der Waals surface area contributed by atoms with Gasteiger partial charge in [-0.05, 0) is 24.3 Å². The van der Waals surface area contributed by atoms with Crippen molar-refractivity contribution in [2.75, 3.05) is 28.4 Å². The lowest BCUT2D eigenvalue weighted by molar-refractivity contribution is 0.315. The van der Waals surface area contributed by atoms with Crippen molar-refractivity contribution in [3.8, 4) is 40.2 Å². The highest BCUT2D eigenvalue weighted by atomic mass is 16.5. The van der Waals surface area contributed by atoms with Crippen LogP contribution < -0.4 is 18.9 Å². The minimum absolute atomic E-state index is 0.299. The zero-order chi connectivity index (χ0) is 17.8. The number of methoxy groups -OCH3 is 4. The highest BCUT2D eigenvalue weighted by Crippen LogP contribution is 2.37. The van der Waals surface area contributed by atoms with E-state index in [0.29, 0.717) is 23.2 Å². The summed E-state index contributed by atoms with van der Waals surface area (Å²) in [5, 5.41) is 8.13. The van der Waals surface area contributed by atoms with Crippen LogP contribution in [0.2, 0.25) is 0 Å². The maximum atomic E-state index is 5.37. The number of nitrogens with zero attached hydrogens (tertiary/aromatic N) is 4. The first-order valence-electron chi connectivity index (χ1n) is 7.44. The van der Waals surface area contributed by atoms with E-state index in [1.54, 1.807) is 31.2 Å². The van der Waals surface area contributed by atoms with Crippen LogP contribution in [0.5, 0.6) is 23.1 Å². The van der Waals surface area contributed by atoms with E-state index < -0.39 is 0 Å². The topological polar surface area (TPSA) is 80.5 Å². The number of rotatable bonds is 6. The minimum Gasteiger partial charge on any atom is -0.497 e. The van der Waals surface area contributed by atoms with Gasteiger partial charge in [-0.3, -0.25) is 0 Å². The van der Waals surface area contributed by atoms with Crippen LogP contribution in [-0.4, -0.2) is 48.4 Å². The van der Waals surface area contributed by atoms with Gasteiger partial charge in [0.15, 0.2) is 11.6 Å². The van der Waals surface area contributed by atoms with Crippen LogP contribution in [0.25, 0.3) is 17.1 Å². The second-order valence-corrected chi connectivity index (χ2v) is 4.98. The van der Waals surface area contributed by atoms with Crippen molar-refractivity contribution in [2.45, 2.75) is 0 Å². The first kappa shape index (κ1) is 16.6. The van der Waals surface area contributed by atoms with E-state index in [9.17, 15) is 0 Å². The Kier molecular flexibility index (Phi) is 4.69. The molecule has 0 spiro atoms. The Balaban J connectivity index is 2.10. The van der Waals surface area contributed by atoms with Gasteiger partial charge in [0.1, 0.15) is 5.75 Å². The van der Waals surface area contributed by atoms with Crippen molar-refractivity contribution >= 4 is 0 Å². The first-order chi connectivity index (χ1) is 12.2. The second kappa shape index (κ2) is 7.08. The number of hydrogen-bond donors (Lipinski definition) is 0. The zero-order valence-electron chi connectivity index (χ0n) is 14.4. The lowest BCUT2D eigenvalue weighted by Crippen LogP contribution is -2.06. The van der Waals surface area contributed by atoms with Gasteiger partial charge in [0.2, 0.25) is 5.75 Å². The van der Waals surface area contributed by atoms with E-state index in [2.05, 4.69) is 15.3 Å². The van der Waals surface area contributed by atoms with Gasteiger partial charge >= 0.3 is 0 Å². The summed E-state index contributed by atoms with van der Waals surface area (Å²) in [5.41, 5.74) is 1.69. The summed E-state index contributed by atoms with van der Waals surface area (Å²) in [4.78, 5) is 4.44. The van der Waals surface area contributed by atoms with E-state index in [1.165, 1.54) is 14.2 Å². The molecule has 0 aliphatic carbocycles. The largest absolute Gasteiger partial charge is 0.497 e. The minimum atomic E-state index is 0.299. The van der Waals surface area contributed by atoms with Crippen molar-refractivity contribution in [1.29, 1.82) is 0 Å². The molecule has 0 aliphatic heterocycles. The Bertz CT molecular complexity index is 836. The average Bonchev–Trinajstić information content (AvgIpc) is 3.16. The average molecular weight is 342 g/mol. The van der Waals surface area contributed by atoms with Gasteiger partial charge in [-0.15, -0.1) is 5.10 Å². The zero-order valence-corrected chi connectivity index (χ0v) is 14.4. The molecule has 1 aromatic carbocycles. The smallest absolute Gasteiger partial charge is 0.262 e. The van der Waals surface area contributed by atoms with Gasteiger partial charge in [-0.25, -0.2) is 0 Å². The van der Waals surface area contributed by atoms with Crippen LogP contribution in [0.4, 0.5) is 0 Å². The molecule has 0 amide bonds. The number of pyridine rings is 1. The maximum Gasteiger partial charge on any atom is 0.262 e. The molecule has 0 saturated carbocycles. The van der Waals surface area contributed by atoms with Crippen molar-refractivity contribution in [3.05, 3.63) is 36.5 Å². The molecule has 0 fully saturated rings. The number of hydrogen-bond acceptors (Lipinski definition) is 7. The fourth-order valence-electron chi connectivity index (χ4n) is 2.42. The second-order valence-electron chi connectivity index (χ2n) is 4.98. The summed E-state index contributed by atoms with van der Waals surface area (Å²) >= 11 is 0. The molecule has 0 bridgehead atoms. The van der Waals surface area contributed by atoms with Crippen LogP contribution in [0.15, 0.2) is 36.5 Å². The van der Waals surface area contributed by atoms with E-state index in [4.69, 9.17) is 18.9 Å². The Hall–Kier alpha value is -3.29. The number of ether oxygens (including phenoxy) is 4. The molecule has 2 aromatic heterocycles. The van der Waals surface area contributed by atoms with Gasteiger partial charge in [0.05, 0.1) is 40.3 Å². The molecule has 0 saturated heterocycles. The standard InChI is InChI=1S/C17H18N4O4/c1-22-12-7-5-11(6-8-12)13-10-18-20-21(13)15-9-14(23-2)16(24-3)17(19-15)25-4/h5-10H,1-4H3. The Morgan fingerprint density at radius 2 is 1.64 bits per heavy atom. The van der Waals surface area contributed by atoms with Crippen LogP contribution in [0.3, 0.4) is 0 Å². The summed E-state index contributed by atoms with van der Waals surface area (Å²) in [6.07, 6.45) is 1.66. The molecule has 0 aliphatic rings. The summed E-state index contributed by atoms with van der Waals surface area (Å²) < 4.78 is 22.8. The summed E-state index contributed by atoms with van der Waals surface area (Å²) in [6, 6.07) is 9.30. The molecule has 0 radical (unpaired) electrons. The summed E-state index contributed by atoms with van der Waals surface area (Å²) in [7, 11) is 6.22. The van der Waals surface area contributed by atoms with E-state index in [1.807, 2.05) is 24.3 Å². The molecule has 8 nitrogen and oxygen atoms in total. The van der Waals surface area contributed by atoms with Crippen LogP contribution in [0.1, 0.15) is 0 Å². The molecule has 8 heteroatoms. The predicted octanol–water partition coefficient (Wildman–Crippen LogP) is 2.36. The molecule has 3 rings (SSSR count). The SMILES string of the molecule is COc1ccc(-c2cnnn2-c2cc(OC)c(OC)c(OC)n2)cc1. The van der Waals surface area contributed by atoms with Crippen LogP contribution in [0, 0.1) is 0 Å². The van der Waals surface area contributed by atoms with Gasteiger partial charge < -0.3 is 18.9 Å². The number of benzene rings is 1. The Labute approximate surface area is 144 Å². The molecule has 130 valence electrons. The van der Waals surface area contributed by atoms with Crippen molar-refractivity contribution in [1.82, 2.24) is 20.0 Å². The van der Waals surface area contributed by atoms with E-state index in [-0.39, 0.29) is 0 Å². The third-order valence-corrected chi connectivity index (χ3v) is 3.66. The molecular weight excluding hydrogens is 324 g/mol. The van der Waals surface area contributed by atoms with Gasteiger partial charge in [0, 0.05) is 11.6 Å². The van der Waals surface area contributed by atoms with E-state index in [0.717, 1.165) is 17.0 Å². The van der Waals surface area contributed by atoms with Gasteiger partial charge in [0.25, 0.3) is 5.88 Å². The number of aromatic nitrogens is 4. The fourth-order valence-corrected chi connectivity index (χ4v) is 2.42. The monoisotopic (exact) mass is 342 g/mol. The molecule has 2 heterocycles. The molecular formula is C17H18N4O4. The molecule has 3 aromatic rings. The summed E-state index contributed by atoms with van der Waals surface area (Å²) in [5.74, 6) is 2.47. The quantitative estimate of drug-likeness (QED) is 0.680. The molecule has 0 N–H and O–H groups in total. The molecule has 25 heavy (non-hydrogen) atoms. The molecule has 0 unspecified atom stereocenters. The lowest BCUT2D eigenvalue weighted by Gasteiger charge is -2.13. The Morgan fingerprint density at radius 3 is 2.24 bits per heavy atom. The fraction of sp³-hybridized carbons (Fsp3) is 0.235. The van der Waals surface area contributed by atoms with Gasteiger partial charge in [-0.1, -0.05) is 5.21 Å². The summed E-state index contributed by atoms with van der Waals surface area (Å²) in [6.45, 7) is 0. The predicted molar refractivity (Wildman–Crippen MR) is 90.8 cm³/mol. The van der Waals surface area contributed by atoms with Crippen molar-refractivity contribution in [3.63, 3.8) is 0 Å². The van der Waals surface area contributed by atoms with E-state index >= 15 is 0 Å². The Morgan fingerprint density at radius 1 is 0.880 bits per heavy atom. The van der Waals surface area contributed by atoms with Crippen molar-refractivity contribution < 1.29 is 18.9 Å². The third kappa shape index (κ3) is 3.06. The highest BCUT2D eigenvalue weighted by molar-refractivity contribution is 5.62. The normalized spacial score (nSPS) is 10.4. The first-order valence-corrected chi connectivity index (χ1v) is 7.44. The third-order valence-electron chi connectivity index (χ3n) is 3.66. The molecule has 0 atom stereocenters. The van der Waals surface area contributed by atoms with Gasteiger partial charge in [-0.2, -0.15) is 9.67 Å². The lowest BCUT2D eigenvalue weighted by atomic mass is 10.1.